The Balaban J connectivity index is 2.33. The van der Waals surface area contributed by atoms with Crippen molar-refractivity contribution in [3.8, 4) is 0 Å². The number of hydrogen-bond donors (Lipinski definition) is 2. The molecule has 2 rings (SSSR count). The molecule has 1 heterocycles. The second kappa shape index (κ2) is 5.85. The van der Waals surface area contributed by atoms with Crippen LogP contribution in [0.1, 0.15) is 41.7 Å². The lowest BCUT2D eigenvalue weighted by Gasteiger charge is -2.29. The van der Waals surface area contributed by atoms with E-state index in [-0.39, 0.29) is 24.8 Å². The molecule has 0 aromatic heterocycles. The molecule has 0 saturated heterocycles. The van der Waals surface area contributed by atoms with Crippen LogP contribution >= 0.6 is 15.9 Å². The van der Waals surface area contributed by atoms with Crippen molar-refractivity contribution < 1.29 is 19.5 Å². The van der Waals surface area contributed by atoms with Crippen LogP contribution in [0, 0.1) is 0 Å². The summed E-state index contributed by atoms with van der Waals surface area (Å²) in [4.78, 5) is 36.2. The van der Waals surface area contributed by atoms with Crippen LogP contribution in [0.2, 0.25) is 0 Å². The van der Waals surface area contributed by atoms with Crippen LogP contribution in [0.4, 0.5) is 0 Å². The van der Waals surface area contributed by atoms with Gasteiger partial charge in [0.05, 0.1) is 6.04 Å². The molecular formula is C14H15BrN2O4. The quantitative estimate of drug-likeness (QED) is 0.839. The first-order valence-corrected chi connectivity index (χ1v) is 7.25. The predicted molar refractivity (Wildman–Crippen MR) is 78.6 cm³/mol. The van der Waals surface area contributed by atoms with E-state index in [1.807, 2.05) is 6.07 Å². The van der Waals surface area contributed by atoms with E-state index in [2.05, 4.69) is 15.9 Å². The van der Waals surface area contributed by atoms with Gasteiger partial charge in [-0.2, -0.15) is 0 Å². The van der Waals surface area contributed by atoms with Crippen molar-refractivity contribution in [3.63, 3.8) is 0 Å². The Hall–Kier alpha value is -1.89. The molecule has 0 radical (unpaired) electrons. The van der Waals surface area contributed by atoms with Gasteiger partial charge in [0, 0.05) is 16.5 Å². The highest BCUT2D eigenvalue weighted by molar-refractivity contribution is 9.10. The fourth-order valence-corrected chi connectivity index (χ4v) is 3.01. The van der Waals surface area contributed by atoms with Crippen LogP contribution in [0.5, 0.6) is 0 Å². The lowest BCUT2D eigenvalue weighted by Crippen LogP contribution is -2.46. The summed E-state index contributed by atoms with van der Waals surface area (Å²) in [5, 5.41) is 8.77. The van der Waals surface area contributed by atoms with E-state index in [0.29, 0.717) is 5.56 Å². The van der Waals surface area contributed by atoms with Crippen molar-refractivity contribution in [1.29, 1.82) is 0 Å². The van der Waals surface area contributed by atoms with Crippen molar-refractivity contribution in [2.45, 2.75) is 31.8 Å². The highest BCUT2D eigenvalue weighted by Crippen LogP contribution is 2.37. The third-order valence-corrected chi connectivity index (χ3v) is 4.13. The standard InChI is InChI=1S/C14H15BrN2O4/c1-7-10-6-8(15)2-3-9(10)14(21)17(7)11(13(16)20)4-5-12(18)19/h2-3,6-7,11H,4-5H2,1H3,(H2,16,20)(H,18,19). The zero-order valence-electron chi connectivity index (χ0n) is 11.4. The number of amides is 2. The van der Waals surface area contributed by atoms with E-state index in [9.17, 15) is 14.4 Å². The van der Waals surface area contributed by atoms with Crippen LogP contribution in [-0.4, -0.2) is 33.8 Å². The predicted octanol–water partition coefficient (Wildman–Crippen LogP) is 1.68. The number of fused-ring (bicyclic) bond motifs is 1. The van der Waals surface area contributed by atoms with Crippen LogP contribution < -0.4 is 5.73 Å². The van der Waals surface area contributed by atoms with Crippen LogP contribution in [-0.2, 0) is 9.59 Å². The molecule has 0 spiro atoms. The smallest absolute Gasteiger partial charge is 0.303 e. The molecule has 112 valence electrons. The molecule has 7 heteroatoms. The van der Waals surface area contributed by atoms with Gasteiger partial charge in [-0.3, -0.25) is 14.4 Å². The van der Waals surface area contributed by atoms with Crippen molar-refractivity contribution in [3.05, 3.63) is 33.8 Å². The minimum Gasteiger partial charge on any atom is -0.481 e. The Morgan fingerprint density at radius 3 is 2.71 bits per heavy atom. The Morgan fingerprint density at radius 2 is 2.14 bits per heavy atom. The zero-order chi connectivity index (χ0) is 15.7. The highest BCUT2D eigenvalue weighted by Gasteiger charge is 2.40. The third-order valence-electron chi connectivity index (χ3n) is 3.64. The first-order chi connectivity index (χ1) is 9.82. The number of primary amides is 1. The first kappa shape index (κ1) is 15.5. The Morgan fingerprint density at radius 1 is 1.48 bits per heavy atom. The second-order valence-electron chi connectivity index (χ2n) is 4.97. The molecule has 2 unspecified atom stereocenters. The topological polar surface area (TPSA) is 101 Å². The number of carboxylic acid groups (broad SMARTS) is 1. The molecule has 1 aromatic carbocycles. The maximum atomic E-state index is 12.5. The van der Waals surface area contributed by atoms with Crippen molar-refractivity contribution in [2.75, 3.05) is 0 Å². The van der Waals surface area contributed by atoms with Crippen molar-refractivity contribution in [1.82, 2.24) is 4.90 Å². The monoisotopic (exact) mass is 354 g/mol. The number of carbonyl (C=O) groups is 3. The molecule has 2 atom stereocenters. The summed E-state index contributed by atoms with van der Waals surface area (Å²) in [6.45, 7) is 1.80. The van der Waals surface area contributed by atoms with Gasteiger partial charge in [0.25, 0.3) is 5.91 Å². The number of benzene rings is 1. The van der Waals surface area contributed by atoms with Gasteiger partial charge in [-0.15, -0.1) is 0 Å². The minimum absolute atomic E-state index is 0.00983. The van der Waals surface area contributed by atoms with Crippen LogP contribution in [0.3, 0.4) is 0 Å². The van der Waals surface area contributed by atoms with Crippen LogP contribution in [0.25, 0.3) is 0 Å². The molecular weight excluding hydrogens is 340 g/mol. The average Bonchev–Trinajstić information content (AvgIpc) is 2.63. The third kappa shape index (κ3) is 2.92. The molecule has 2 amide bonds. The summed E-state index contributed by atoms with van der Waals surface area (Å²) in [6.07, 6.45) is -0.208. The number of aliphatic carboxylic acids is 1. The number of carboxylic acids is 1. The van der Waals surface area contributed by atoms with E-state index in [4.69, 9.17) is 10.8 Å². The van der Waals surface area contributed by atoms with Crippen molar-refractivity contribution >= 4 is 33.7 Å². The fraction of sp³-hybridized carbons (Fsp3) is 0.357. The maximum absolute atomic E-state index is 12.5. The summed E-state index contributed by atoms with van der Waals surface area (Å²) in [5.41, 5.74) is 6.68. The molecule has 0 saturated carbocycles. The maximum Gasteiger partial charge on any atom is 0.303 e. The van der Waals surface area contributed by atoms with E-state index in [0.717, 1.165) is 10.0 Å². The summed E-state index contributed by atoms with van der Waals surface area (Å²) >= 11 is 3.35. The van der Waals surface area contributed by atoms with E-state index in [1.54, 1.807) is 19.1 Å². The molecule has 6 nitrogen and oxygen atoms in total. The lowest BCUT2D eigenvalue weighted by molar-refractivity contribution is -0.137. The molecule has 0 bridgehead atoms. The van der Waals surface area contributed by atoms with Gasteiger partial charge < -0.3 is 15.7 Å². The number of nitrogens with zero attached hydrogens (tertiary/aromatic N) is 1. The van der Waals surface area contributed by atoms with Gasteiger partial charge in [0.15, 0.2) is 0 Å². The Bertz CT molecular complexity index is 617. The lowest BCUT2D eigenvalue weighted by atomic mass is 10.0. The average molecular weight is 355 g/mol. The summed E-state index contributed by atoms with van der Waals surface area (Å²) in [6, 6.07) is 4.02. The molecule has 0 aliphatic carbocycles. The molecule has 0 fully saturated rings. The van der Waals surface area contributed by atoms with Gasteiger partial charge >= 0.3 is 5.97 Å². The molecule has 1 aliphatic heterocycles. The summed E-state index contributed by atoms with van der Waals surface area (Å²) in [7, 11) is 0. The van der Waals surface area contributed by atoms with E-state index >= 15 is 0 Å². The van der Waals surface area contributed by atoms with Gasteiger partial charge in [0.1, 0.15) is 6.04 Å². The second-order valence-corrected chi connectivity index (χ2v) is 5.89. The molecule has 3 N–H and O–H groups in total. The number of nitrogens with two attached hydrogens (primary N) is 1. The fourth-order valence-electron chi connectivity index (χ4n) is 2.63. The normalized spacial score (nSPS) is 18.5. The highest BCUT2D eigenvalue weighted by atomic mass is 79.9. The number of halogens is 1. The van der Waals surface area contributed by atoms with Crippen LogP contribution in [0.15, 0.2) is 22.7 Å². The van der Waals surface area contributed by atoms with Gasteiger partial charge in [-0.25, -0.2) is 0 Å². The molecule has 1 aromatic rings. The number of carbonyl (C=O) groups excluding carboxylic acids is 2. The first-order valence-electron chi connectivity index (χ1n) is 6.46. The Kier molecular flexibility index (Phi) is 4.32. The number of hydrogen-bond acceptors (Lipinski definition) is 3. The zero-order valence-corrected chi connectivity index (χ0v) is 13.0. The SMILES string of the molecule is CC1c2cc(Br)ccc2C(=O)N1C(CCC(=O)O)C(N)=O. The molecule has 21 heavy (non-hydrogen) atoms. The Labute approximate surface area is 130 Å². The van der Waals surface area contributed by atoms with Gasteiger partial charge in [0.2, 0.25) is 5.91 Å². The summed E-state index contributed by atoms with van der Waals surface area (Å²) < 4.78 is 0.837. The number of rotatable bonds is 5. The molecule has 1 aliphatic rings. The largest absolute Gasteiger partial charge is 0.481 e. The van der Waals surface area contributed by atoms with Crippen molar-refractivity contribution in [2.24, 2.45) is 5.73 Å². The minimum atomic E-state index is -1.03. The van der Waals surface area contributed by atoms with Gasteiger partial charge in [-0.05, 0) is 37.1 Å². The van der Waals surface area contributed by atoms with E-state index in [1.165, 1.54) is 4.90 Å². The van der Waals surface area contributed by atoms with Gasteiger partial charge in [-0.1, -0.05) is 15.9 Å². The van der Waals surface area contributed by atoms with E-state index < -0.39 is 17.9 Å². The summed E-state index contributed by atoms with van der Waals surface area (Å²) in [5.74, 6) is -2.01.